The van der Waals surface area contributed by atoms with Gasteiger partial charge in [-0.2, -0.15) is 8.42 Å². The van der Waals surface area contributed by atoms with Gasteiger partial charge >= 0.3 is 16.1 Å². The Morgan fingerprint density at radius 2 is 1.62 bits per heavy atom. The molecule has 0 bridgehead atoms. The van der Waals surface area contributed by atoms with E-state index in [0.29, 0.717) is 24.3 Å². The second kappa shape index (κ2) is 12.6. The quantitative estimate of drug-likeness (QED) is 0.450. The number of nitrogens with zero attached hydrogens (tertiary/aromatic N) is 3. The summed E-state index contributed by atoms with van der Waals surface area (Å²) in [6, 6.07) is 12.9. The van der Waals surface area contributed by atoms with Crippen LogP contribution in [0.25, 0.3) is 0 Å². The molecule has 1 N–H and O–H groups in total. The monoisotopic (exact) mass is 490 g/mol. The molecule has 0 saturated carbocycles. The van der Waals surface area contributed by atoms with Crippen LogP contribution in [-0.2, 0) is 16.7 Å². The first-order valence-corrected chi connectivity index (χ1v) is 13.2. The van der Waals surface area contributed by atoms with Crippen molar-refractivity contribution in [1.82, 2.24) is 9.80 Å². The van der Waals surface area contributed by atoms with Crippen molar-refractivity contribution in [3.8, 4) is 5.75 Å². The van der Waals surface area contributed by atoms with Crippen LogP contribution in [0.5, 0.6) is 5.75 Å². The molecule has 2 aromatic rings. The minimum Gasteiger partial charge on any atom is -0.382 e. The van der Waals surface area contributed by atoms with Crippen LogP contribution in [0.3, 0.4) is 0 Å². The molecule has 0 aliphatic carbocycles. The van der Waals surface area contributed by atoms with E-state index < -0.39 is 10.1 Å². The number of benzene rings is 2. The Hall–Kier alpha value is -2.78. The highest BCUT2D eigenvalue weighted by Crippen LogP contribution is 2.29. The van der Waals surface area contributed by atoms with Gasteiger partial charge in [0, 0.05) is 49.2 Å². The fraction of sp³-hybridized carbons (Fsp3) is 0.480. The molecule has 0 aromatic heterocycles. The average molecular weight is 491 g/mol. The van der Waals surface area contributed by atoms with Gasteiger partial charge in [-0.25, -0.2) is 4.79 Å². The van der Waals surface area contributed by atoms with E-state index in [1.54, 1.807) is 17.9 Å². The largest absolute Gasteiger partial charge is 0.382 e. The lowest BCUT2D eigenvalue weighted by atomic mass is 10.1. The smallest absolute Gasteiger partial charge is 0.322 e. The van der Waals surface area contributed by atoms with Crippen LogP contribution >= 0.6 is 0 Å². The van der Waals surface area contributed by atoms with E-state index >= 15 is 0 Å². The Labute approximate surface area is 204 Å². The van der Waals surface area contributed by atoms with Gasteiger partial charge in [0.2, 0.25) is 0 Å². The minimum absolute atomic E-state index is 0.139. The van der Waals surface area contributed by atoms with Gasteiger partial charge in [0.1, 0.15) is 5.75 Å². The summed E-state index contributed by atoms with van der Waals surface area (Å²) in [6.45, 7) is 10.5. The first-order chi connectivity index (χ1) is 16.1. The van der Waals surface area contributed by atoms with E-state index in [2.05, 4.69) is 10.2 Å². The van der Waals surface area contributed by atoms with E-state index in [1.807, 2.05) is 76.2 Å². The number of aryl methyl sites for hydroxylation is 1. The summed E-state index contributed by atoms with van der Waals surface area (Å²) in [4.78, 5) is 18.9. The van der Waals surface area contributed by atoms with Crippen molar-refractivity contribution in [1.29, 1.82) is 0 Å². The molecular weight excluding hydrogens is 452 g/mol. The lowest BCUT2D eigenvalue weighted by Gasteiger charge is -2.27. The second-order valence-corrected chi connectivity index (χ2v) is 10.3. The predicted molar refractivity (Wildman–Crippen MR) is 139 cm³/mol. The Kier molecular flexibility index (Phi) is 10.2. The van der Waals surface area contributed by atoms with E-state index in [9.17, 15) is 13.2 Å². The Morgan fingerprint density at radius 3 is 2.18 bits per heavy atom. The van der Waals surface area contributed by atoms with Gasteiger partial charge in [0.25, 0.3) is 0 Å². The van der Waals surface area contributed by atoms with E-state index in [0.717, 1.165) is 24.3 Å². The zero-order chi connectivity index (χ0) is 25.3. The maximum Gasteiger partial charge on any atom is 0.322 e. The SMILES string of the molecule is CCN(CC)c1ccc(CN(CCN(C)C)C(=O)Nc2ccc(C)cc2)c(OS(=O)(=O)CC)c1. The number of carbonyl (C=O) groups is 1. The molecule has 2 amide bonds. The van der Waals surface area contributed by atoms with Gasteiger partial charge in [-0.15, -0.1) is 0 Å². The number of urea groups is 1. The number of anilines is 2. The molecule has 0 atom stereocenters. The number of likely N-dealkylation sites (N-methyl/N-ethyl adjacent to an activating group) is 1. The summed E-state index contributed by atoms with van der Waals surface area (Å²) in [5, 5.41) is 2.94. The summed E-state index contributed by atoms with van der Waals surface area (Å²) in [7, 11) is 0.152. The number of carbonyl (C=O) groups excluding carboxylic acids is 1. The van der Waals surface area contributed by atoms with Gasteiger partial charge < -0.3 is 24.2 Å². The van der Waals surface area contributed by atoms with Gasteiger partial charge in [-0.1, -0.05) is 23.8 Å². The lowest BCUT2D eigenvalue weighted by Crippen LogP contribution is -2.39. The number of rotatable bonds is 12. The third kappa shape index (κ3) is 8.22. The summed E-state index contributed by atoms with van der Waals surface area (Å²) in [5.41, 5.74) is 3.31. The maximum atomic E-state index is 13.2. The molecule has 0 fully saturated rings. The van der Waals surface area contributed by atoms with Gasteiger partial charge in [-0.3, -0.25) is 0 Å². The van der Waals surface area contributed by atoms with Crippen molar-refractivity contribution in [3.05, 3.63) is 53.6 Å². The van der Waals surface area contributed by atoms with Crippen molar-refractivity contribution in [3.63, 3.8) is 0 Å². The molecule has 188 valence electrons. The van der Waals surface area contributed by atoms with E-state index in [4.69, 9.17) is 4.18 Å². The zero-order valence-corrected chi connectivity index (χ0v) is 22.0. The molecule has 0 heterocycles. The number of hydrogen-bond acceptors (Lipinski definition) is 6. The second-order valence-electron chi connectivity index (χ2n) is 8.42. The van der Waals surface area contributed by atoms with Crippen LogP contribution in [0.4, 0.5) is 16.2 Å². The Balaban J connectivity index is 2.38. The van der Waals surface area contributed by atoms with Gasteiger partial charge in [0.05, 0.1) is 12.3 Å². The first-order valence-electron chi connectivity index (χ1n) is 11.7. The average Bonchev–Trinajstić information content (AvgIpc) is 2.79. The van der Waals surface area contributed by atoms with Crippen molar-refractivity contribution in [2.75, 3.05) is 56.2 Å². The van der Waals surface area contributed by atoms with Crippen LogP contribution in [-0.4, -0.2) is 70.3 Å². The molecule has 0 aliphatic heterocycles. The molecule has 2 aromatic carbocycles. The molecule has 8 nitrogen and oxygen atoms in total. The predicted octanol–water partition coefficient (Wildman–Crippen LogP) is 4.17. The van der Waals surface area contributed by atoms with Crippen LogP contribution < -0.4 is 14.4 Å². The van der Waals surface area contributed by atoms with Crippen molar-refractivity contribution < 1.29 is 17.4 Å². The number of nitrogens with one attached hydrogen (secondary N) is 1. The fourth-order valence-electron chi connectivity index (χ4n) is 3.35. The van der Waals surface area contributed by atoms with Crippen LogP contribution in [0, 0.1) is 6.92 Å². The zero-order valence-electron chi connectivity index (χ0n) is 21.2. The highest BCUT2D eigenvalue weighted by Gasteiger charge is 2.20. The standard InChI is InChI=1S/C25H38N4O4S/c1-7-28(8-2)23-15-12-21(24(18-23)33-34(31,32)9-3)19-29(17-16-27(5)6)25(30)26-22-13-10-20(4)11-14-22/h10-15,18H,7-9,16-17,19H2,1-6H3,(H,26,30). The number of hydrogen-bond donors (Lipinski definition) is 1. The minimum atomic E-state index is -3.73. The lowest BCUT2D eigenvalue weighted by molar-refractivity contribution is 0.202. The third-order valence-corrected chi connectivity index (χ3v) is 6.66. The summed E-state index contributed by atoms with van der Waals surface area (Å²) >= 11 is 0. The summed E-state index contributed by atoms with van der Waals surface area (Å²) in [6.07, 6.45) is 0. The molecule has 0 radical (unpaired) electrons. The highest BCUT2D eigenvalue weighted by molar-refractivity contribution is 7.87. The normalized spacial score (nSPS) is 11.4. The summed E-state index contributed by atoms with van der Waals surface area (Å²) < 4.78 is 30.1. The molecule has 0 unspecified atom stereocenters. The highest BCUT2D eigenvalue weighted by atomic mass is 32.2. The topological polar surface area (TPSA) is 82.2 Å². The summed E-state index contributed by atoms with van der Waals surface area (Å²) in [5.74, 6) is 0.115. The van der Waals surface area contributed by atoms with Crippen molar-refractivity contribution in [2.24, 2.45) is 0 Å². The van der Waals surface area contributed by atoms with Gasteiger partial charge in [0.15, 0.2) is 0 Å². The Bertz CT molecular complexity index is 1040. The van der Waals surface area contributed by atoms with Gasteiger partial charge in [-0.05, 0) is 60.0 Å². The molecule has 34 heavy (non-hydrogen) atoms. The van der Waals surface area contributed by atoms with E-state index in [1.165, 1.54) is 0 Å². The van der Waals surface area contributed by atoms with Crippen LogP contribution in [0.2, 0.25) is 0 Å². The first kappa shape index (κ1) is 27.5. The number of amides is 2. The molecule has 0 saturated heterocycles. The molecule has 2 rings (SSSR count). The van der Waals surface area contributed by atoms with Crippen molar-refractivity contribution in [2.45, 2.75) is 34.2 Å². The molecule has 9 heteroatoms. The van der Waals surface area contributed by atoms with Crippen LogP contribution in [0.15, 0.2) is 42.5 Å². The van der Waals surface area contributed by atoms with E-state index in [-0.39, 0.29) is 24.1 Å². The third-order valence-electron chi connectivity index (χ3n) is 5.52. The maximum absolute atomic E-state index is 13.2. The van der Waals surface area contributed by atoms with Crippen molar-refractivity contribution >= 4 is 27.5 Å². The molecular formula is C25H38N4O4S. The fourth-order valence-corrected chi connectivity index (χ4v) is 3.90. The van der Waals surface area contributed by atoms with Crippen LogP contribution in [0.1, 0.15) is 31.9 Å². The molecule has 0 aliphatic rings. The Morgan fingerprint density at radius 1 is 0.971 bits per heavy atom. The molecule has 0 spiro atoms.